The van der Waals surface area contributed by atoms with Crippen LogP contribution in [0.5, 0.6) is 0 Å². The van der Waals surface area contributed by atoms with Gasteiger partial charge in [-0.15, -0.1) is 23.1 Å². The molecule has 1 atom stereocenters. The highest BCUT2D eigenvalue weighted by atomic mass is 32.2. The summed E-state index contributed by atoms with van der Waals surface area (Å²) < 4.78 is 6.00. The van der Waals surface area contributed by atoms with E-state index in [1.54, 1.807) is 23.1 Å². The summed E-state index contributed by atoms with van der Waals surface area (Å²) >= 11 is 3.20. The van der Waals surface area contributed by atoms with Gasteiger partial charge < -0.3 is 9.73 Å². The molecule has 0 aliphatic rings. The van der Waals surface area contributed by atoms with Crippen LogP contribution in [0.25, 0.3) is 11.0 Å². The number of aryl methyl sites for hydroxylation is 1. The van der Waals surface area contributed by atoms with Crippen molar-refractivity contribution >= 4 is 40.0 Å². The Labute approximate surface area is 172 Å². The summed E-state index contributed by atoms with van der Waals surface area (Å²) in [6.45, 7) is 3.98. The van der Waals surface area contributed by atoms with Crippen LogP contribution in [0.4, 0.5) is 0 Å². The number of hydrogen-bond donors (Lipinski definition) is 1. The molecule has 2 aromatic heterocycles. The number of amides is 1. The van der Waals surface area contributed by atoms with Gasteiger partial charge in [0.15, 0.2) is 0 Å². The van der Waals surface area contributed by atoms with Crippen molar-refractivity contribution in [1.29, 1.82) is 0 Å². The fraction of sp³-hybridized carbons (Fsp3) is 0.182. The fourth-order valence-corrected chi connectivity index (χ4v) is 4.80. The molecule has 0 spiro atoms. The molecule has 0 saturated heterocycles. The van der Waals surface area contributed by atoms with Gasteiger partial charge in [-0.3, -0.25) is 4.79 Å². The Kier molecular flexibility index (Phi) is 5.50. The summed E-state index contributed by atoms with van der Waals surface area (Å²) in [5.41, 5.74) is 5.43. The summed E-state index contributed by atoms with van der Waals surface area (Å²) in [4.78, 5) is 18.2. The second-order valence-corrected chi connectivity index (χ2v) is 8.28. The van der Waals surface area contributed by atoms with E-state index < -0.39 is 0 Å². The number of nitrogens with zero attached hydrogens (tertiary/aromatic N) is 1. The molecule has 142 valence electrons. The van der Waals surface area contributed by atoms with Crippen molar-refractivity contribution in [1.82, 2.24) is 10.3 Å². The number of benzene rings is 2. The first kappa shape index (κ1) is 18.8. The highest BCUT2D eigenvalue weighted by molar-refractivity contribution is 7.98. The van der Waals surface area contributed by atoms with Crippen LogP contribution >= 0.6 is 23.1 Å². The third-order valence-corrected chi connectivity index (χ3v) is 6.35. The van der Waals surface area contributed by atoms with Crippen molar-refractivity contribution in [3.8, 4) is 0 Å². The van der Waals surface area contributed by atoms with Crippen molar-refractivity contribution < 1.29 is 9.21 Å². The van der Waals surface area contributed by atoms with Crippen LogP contribution in [-0.2, 0) is 5.75 Å². The minimum absolute atomic E-state index is 0.103. The third kappa shape index (κ3) is 3.84. The van der Waals surface area contributed by atoms with E-state index in [1.807, 2.05) is 73.3 Å². The molecule has 0 aliphatic carbocycles. The molecule has 2 heterocycles. The average Bonchev–Trinajstić information content (AvgIpc) is 3.35. The van der Waals surface area contributed by atoms with Crippen LogP contribution < -0.4 is 5.32 Å². The lowest BCUT2D eigenvalue weighted by atomic mass is 10.1. The lowest BCUT2D eigenvalue weighted by Gasteiger charge is -2.14. The van der Waals surface area contributed by atoms with Gasteiger partial charge in [-0.1, -0.05) is 30.3 Å². The molecule has 0 aliphatic heterocycles. The monoisotopic (exact) mass is 408 g/mol. The molecule has 4 nitrogen and oxygen atoms in total. The highest BCUT2D eigenvalue weighted by Gasteiger charge is 2.20. The number of para-hydroxylation sites is 1. The Bertz CT molecular complexity index is 1100. The Morgan fingerprint density at radius 2 is 2.00 bits per heavy atom. The molecule has 28 heavy (non-hydrogen) atoms. The van der Waals surface area contributed by atoms with Crippen LogP contribution in [0.15, 0.2) is 68.7 Å². The molecule has 1 unspecified atom stereocenters. The second-order valence-electron chi connectivity index (χ2n) is 6.55. The van der Waals surface area contributed by atoms with Gasteiger partial charge in [-0.25, -0.2) is 4.98 Å². The van der Waals surface area contributed by atoms with Crippen molar-refractivity contribution in [2.24, 2.45) is 0 Å². The first-order chi connectivity index (χ1) is 13.6. The van der Waals surface area contributed by atoms with Gasteiger partial charge in [0.05, 0.1) is 22.8 Å². The number of rotatable bonds is 6. The largest absolute Gasteiger partial charge is 0.459 e. The Hall–Kier alpha value is -2.57. The number of furan rings is 1. The van der Waals surface area contributed by atoms with Crippen molar-refractivity contribution in [2.75, 3.05) is 0 Å². The van der Waals surface area contributed by atoms with Gasteiger partial charge in [0.1, 0.15) is 11.3 Å². The fourth-order valence-electron chi connectivity index (χ4n) is 3.19. The Morgan fingerprint density at radius 1 is 1.21 bits per heavy atom. The number of carbonyl (C=O) groups excluding carboxylic acids is 1. The van der Waals surface area contributed by atoms with Gasteiger partial charge in [0, 0.05) is 27.0 Å². The number of carbonyl (C=O) groups is 1. The molecule has 1 N–H and O–H groups in total. The number of thiazole rings is 1. The van der Waals surface area contributed by atoms with Crippen LogP contribution in [0, 0.1) is 6.92 Å². The Morgan fingerprint density at radius 3 is 2.79 bits per heavy atom. The molecule has 4 rings (SSSR count). The molecule has 4 aromatic rings. The topological polar surface area (TPSA) is 55.1 Å². The smallest absolute Gasteiger partial charge is 0.252 e. The number of fused-ring (bicyclic) bond motifs is 1. The molecule has 0 bridgehead atoms. The molecule has 0 radical (unpaired) electrons. The number of aromatic nitrogens is 1. The minimum atomic E-state index is -0.225. The van der Waals surface area contributed by atoms with Gasteiger partial charge in [-0.05, 0) is 32.0 Å². The van der Waals surface area contributed by atoms with Gasteiger partial charge in [0.25, 0.3) is 5.91 Å². The molecular weight excluding hydrogens is 388 g/mol. The maximum Gasteiger partial charge on any atom is 0.252 e. The van der Waals surface area contributed by atoms with E-state index in [0.717, 1.165) is 38.6 Å². The van der Waals surface area contributed by atoms with Crippen molar-refractivity contribution in [3.05, 3.63) is 82.0 Å². The van der Waals surface area contributed by atoms with Crippen molar-refractivity contribution in [3.63, 3.8) is 0 Å². The standard InChI is InChI=1S/C22H20N2O2S2/c1-14-17-7-3-5-9-19(17)26-21(14)15(2)24-22(25)18-8-4-6-10-20(18)28-12-16-11-27-13-23-16/h3-11,13,15H,12H2,1-2H3,(H,24,25). The normalized spacial score (nSPS) is 12.2. The summed E-state index contributed by atoms with van der Waals surface area (Å²) in [5, 5.41) is 6.20. The Balaban J connectivity index is 1.52. The SMILES string of the molecule is Cc1c(C(C)NC(=O)c2ccccc2SCc2cscn2)oc2ccccc12. The van der Waals surface area contributed by atoms with Crippen LogP contribution in [0.1, 0.15) is 40.3 Å². The number of thioether (sulfide) groups is 1. The van der Waals surface area contributed by atoms with Gasteiger partial charge >= 0.3 is 0 Å². The predicted octanol–water partition coefficient (Wildman–Crippen LogP) is 5.98. The molecular formula is C22H20N2O2S2. The van der Waals surface area contributed by atoms with E-state index in [1.165, 1.54) is 0 Å². The summed E-state index contributed by atoms with van der Waals surface area (Å²) in [5.74, 6) is 1.43. The first-order valence-corrected chi connectivity index (χ1v) is 10.9. The molecule has 2 aromatic carbocycles. The van der Waals surface area contributed by atoms with Gasteiger partial charge in [-0.2, -0.15) is 0 Å². The molecule has 0 fully saturated rings. The molecule has 6 heteroatoms. The van der Waals surface area contributed by atoms with Gasteiger partial charge in [0.2, 0.25) is 0 Å². The summed E-state index contributed by atoms with van der Waals surface area (Å²) in [6.07, 6.45) is 0. The highest BCUT2D eigenvalue weighted by Crippen LogP contribution is 2.30. The lowest BCUT2D eigenvalue weighted by molar-refractivity contribution is 0.0932. The van der Waals surface area contributed by atoms with E-state index in [-0.39, 0.29) is 11.9 Å². The summed E-state index contributed by atoms with van der Waals surface area (Å²) in [6, 6.07) is 15.4. The quantitative estimate of drug-likeness (QED) is 0.399. The van der Waals surface area contributed by atoms with E-state index in [2.05, 4.69) is 10.3 Å². The van der Waals surface area contributed by atoms with E-state index >= 15 is 0 Å². The lowest BCUT2D eigenvalue weighted by Crippen LogP contribution is -2.27. The summed E-state index contributed by atoms with van der Waals surface area (Å²) in [7, 11) is 0. The maximum atomic E-state index is 13.0. The maximum absolute atomic E-state index is 13.0. The molecule has 1 amide bonds. The average molecular weight is 409 g/mol. The first-order valence-electron chi connectivity index (χ1n) is 9.01. The third-order valence-electron chi connectivity index (χ3n) is 4.61. The number of hydrogen-bond acceptors (Lipinski definition) is 5. The second kappa shape index (κ2) is 8.20. The van der Waals surface area contributed by atoms with Crippen molar-refractivity contribution in [2.45, 2.75) is 30.5 Å². The zero-order valence-corrected chi connectivity index (χ0v) is 17.3. The number of nitrogens with one attached hydrogen (secondary N) is 1. The zero-order chi connectivity index (χ0) is 19.5. The van der Waals surface area contributed by atoms with Crippen LogP contribution in [0.3, 0.4) is 0 Å². The minimum Gasteiger partial charge on any atom is -0.459 e. The van der Waals surface area contributed by atoms with E-state index in [4.69, 9.17) is 4.42 Å². The van der Waals surface area contributed by atoms with Crippen LogP contribution in [-0.4, -0.2) is 10.9 Å². The molecule has 0 saturated carbocycles. The van der Waals surface area contributed by atoms with Crippen LogP contribution in [0.2, 0.25) is 0 Å². The zero-order valence-electron chi connectivity index (χ0n) is 15.6. The predicted molar refractivity (Wildman–Crippen MR) is 115 cm³/mol. The van der Waals surface area contributed by atoms with E-state index in [0.29, 0.717) is 5.56 Å². The van der Waals surface area contributed by atoms with E-state index in [9.17, 15) is 4.79 Å².